The highest BCUT2D eigenvalue weighted by Gasteiger charge is 2.37. The van der Waals surface area contributed by atoms with Gasteiger partial charge >= 0.3 is 0 Å². The highest BCUT2D eigenvalue weighted by atomic mass is 31.1. The van der Waals surface area contributed by atoms with Crippen LogP contribution in [0.4, 0.5) is 0 Å². The fourth-order valence-corrected chi connectivity index (χ4v) is 2.69. The van der Waals surface area contributed by atoms with E-state index in [2.05, 4.69) is 0 Å². The summed E-state index contributed by atoms with van der Waals surface area (Å²) in [7, 11) is 0.382. The Bertz CT molecular complexity index is 111. The van der Waals surface area contributed by atoms with Crippen LogP contribution in [0.15, 0.2) is 0 Å². The zero-order chi connectivity index (χ0) is 7.57. The van der Waals surface area contributed by atoms with E-state index >= 15 is 0 Å². The van der Waals surface area contributed by atoms with Crippen molar-refractivity contribution < 1.29 is 18.1 Å². The second-order valence-electron chi connectivity index (χ2n) is 2.82. The van der Waals surface area contributed by atoms with Gasteiger partial charge in [0, 0.05) is 0 Å². The molecule has 4 nitrogen and oxygen atoms in total. The molecular formula is C5H10O4P2. The lowest BCUT2D eigenvalue weighted by molar-refractivity contribution is -0.0446. The summed E-state index contributed by atoms with van der Waals surface area (Å²) >= 11 is 0. The molecule has 0 aromatic rings. The number of hydrogen-bond donors (Lipinski definition) is 0. The molecule has 0 bridgehead atoms. The summed E-state index contributed by atoms with van der Waals surface area (Å²) in [6.45, 7) is 2.82. The molecule has 0 aromatic carbocycles. The predicted molar refractivity (Wildman–Crippen MR) is 42.9 cm³/mol. The van der Waals surface area contributed by atoms with Gasteiger partial charge in [0.2, 0.25) is 0 Å². The maximum absolute atomic E-state index is 5.21. The lowest BCUT2D eigenvalue weighted by atomic mass is 9.93. The molecule has 11 heavy (non-hydrogen) atoms. The van der Waals surface area contributed by atoms with Gasteiger partial charge in [0.15, 0.2) is 18.1 Å². The molecule has 0 N–H and O–H groups in total. The van der Waals surface area contributed by atoms with Crippen LogP contribution in [0, 0.1) is 5.41 Å². The summed E-state index contributed by atoms with van der Waals surface area (Å²) in [6, 6.07) is 0. The minimum absolute atomic E-state index is 0.0174. The van der Waals surface area contributed by atoms with Crippen LogP contribution in [-0.4, -0.2) is 26.4 Å². The molecule has 2 saturated heterocycles. The Kier molecular flexibility index (Phi) is 2.73. The molecule has 0 radical (unpaired) electrons. The normalized spacial score (nSPS) is 43.6. The summed E-state index contributed by atoms with van der Waals surface area (Å²) in [5.41, 5.74) is -0.0174. The van der Waals surface area contributed by atoms with E-state index in [1.807, 2.05) is 0 Å². The van der Waals surface area contributed by atoms with Crippen molar-refractivity contribution in [2.45, 2.75) is 0 Å². The summed E-state index contributed by atoms with van der Waals surface area (Å²) in [4.78, 5) is 0. The van der Waals surface area contributed by atoms with E-state index in [0.717, 1.165) is 0 Å². The Labute approximate surface area is 68.8 Å². The highest BCUT2D eigenvalue weighted by molar-refractivity contribution is 7.26. The van der Waals surface area contributed by atoms with Crippen molar-refractivity contribution in [3.05, 3.63) is 0 Å². The van der Waals surface area contributed by atoms with Crippen LogP contribution < -0.4 is 0 Å². The van der Waals surface area contributed by atoms with Crippen molar-refractivity contribution in [2.24, 2.45) is 5.41 Å². The summed E-state index contributed by atoms with van der Waals surface area (Å²) in [5.74, 6) is 0. The third-order valence-corrected chi connectivity index (χ3v) is 2.80. The number of hydrogen-bond acceptors (Lipinski definition) is 4. The highest BCUT2D eigenvalue weighted by Crippen LogP contribution is 2.38. The SMILES string of the molecule is C1OPOCC12COPOC2. The van der Waals surface area contributed by atoms with Gasteiger partial charge in [0.05, 0.1) is 31.8 Å². The molecule has 0 atom stereocenters. The Balaban J connectivity index is 1.94. The maximum atomic E-state index is 5.21. The molecule has 0 aromatic heterocycles. The first-order chi connectivity index (χ1) is 5.41. The first kappa shape index (κ1) is 8.31. The molecule has 0 amide bonds. The minimum Gasteiger partial charge on any atom is -0.335 e. The average molecular weight is 196 g/mol. The van der Waals surface area contributed by atoms with Crippen molar-refractivity contribution in [2.75, 3.05) is 26.4 Å². The molecular weight excluding hydrogens is 186 g/mol. The summed E-state index contributed by atoms with van der Waals surface area (Å²) in [6.07, 6.45) is 0. The Morgan fingerprint density at radius 3 is 1.45 bits per heavy atom. The predicted octanol–water partition coefficient (Wildman–Crippen LogP) is 1.08. The van der Waals surface area contributed by atoms with Crippen LogP contribution in [0.1, 0.15) is 0 Å². The third-order valence-electron chi connectivity index (χ3n) is 1.75. The smallest absolute Gasteiger partial charge is 0.155 e. The average Bonchev–Trinajstić information content (AvgIpc) is 2.07. The van der Waals surface area contributed by atoms with Crippen molar-refractivity contribution in [1.29, 1.82) is 0 Å². The van der Waals surface area contributed by atoms with Gasteiger partial charge in [-0.1, -0.05) is 0 Å². The first-order valence-electron chi connectivity index (χ1n) is 3.39. The fourth-order valence-electron chi connectivity index (χ4n) is 1.06. The van der Waals surface area contributed by atoms with Gasteiger partial charge in [0.1, 0.15) is 0 Å². The van der Waals surface area contributed by atoms with E-state index in [-0.39, 0.29) is 23.5 Å². The van der Waals surface area contributed by atoms with Gasteiger partial charge < -0.3 is 18.1 Å². The van der Waals surface area contributed by atoms with Gasteiger partial charge in [-0.05, 0) is 0 Å². The van der Waals surface area contributed by atoms with Crippen LogP contribution in [0.2, 0.25) is 0 Å². The maximum Gasteiger partial charge on any atom is 0.155 e. The molecule has 0 aliphatic carbocycles. The van der Waals surface area contributed by atoms with E-state index in [1.54, 1.807) is 0 Å². The molecule has 2 fully saturated rings. The molecule has 6 heteroatoms. The van der Waals surface area contributed by atoms with Crippen molar-refractivity contribution in [1.82, 2.24) is 0 Å². The Hall–Kier alpha value is 0.700. The van der Waals surface area contributed by atoms with E-state index in [0.29, 0.717) is 26.4 Å². The van der Waals surface area contributed by atoms with E-state index in [9.17, 15) is 0 Å². The lowest BCUT2D eigenvalue weighted by Gasteiger charge is -2.37. The first-order valence-corrected chi connectivity index (χ1v) is 5.02. The molecule has 2 aliphatic rings. The standard InChI is InChI=1S/C5H10O4P2/c1-5(2-7-10-6-1)3-8-11-9-4-5/h10-11H,1-4H2. The second-order valence-corrected chi connectivity index (χ2v) is 4.31. The van der Waals surface area contributed by atoms with Gasteiger partial charge in [0.25, 0.3) is 0 Å². The van der Waals surface area contributed by atoms with Gasteiger partial charge in [-0.3, -0.25) is 0 Å². The summed E-state index contributed by atoms with van der Waals surface area (Å²) < 4.78 is 20.8. The Morgan fingerprint density at radius 2 is 1.09 bits per heavy atom. The lowest BCUT2D eigenvalue weighted by Crippen LogP contribution is -2.42. The monoisotopic (exact) mass is 196 g/mol. The molecule has 0 saturated carbocycles. The topological polar surface area (TPSA) is 36.9 Å². The summed E-state index contributed by atoms with van der Waals surface area (Å²) in [5, 5.41) is 0. The largest absolute Gasteiger partial charge is 0.335 e. The van der Waals surface area contributed by atoms with Gasteiger partial charge in [-0.2, -0.15) is 0 Å². The van der Waals surface area contributed by atoms with Crippen LogP contribution in [0.5, 0.6) is 0 Å². The fraction of sp³-hybridized carbons (Fsp3) is 1.00. The molecule has 2 aliphatic heterocycles. The quantitative estimate of drug-likeness (QED) is 0.543. The zero-order valence-electron chi connectivity index (χ0n) is 5.96. The van der Waals surface area contributed by atoms with Gasteiger partial charge in [-0.15, -0.1) is 0 Å². The zero-order valence-corrected chi connectivity index (χ0v) is 7.96. The molecule has 0 unspecified atom stereocenters. The van der Waals surface area contributed by atoms with Crippen LogP contribution in [-0.2, 0) is 18.1 Å². The third kappa shape index (κ3) is 1.89. The molecule has 1 spiro atoms. The number of rotatable bonds is 0. The van der Waals surface area contributed by atoms with Gasteiger partial charge in [-0.25, -0.2) is 0 Å². The second kappa shape index (κ2) is 3.61. The minimum atomic E-state index is -0.0174. The molecule has 64 valence electrons. The van der Waals surface area contributed by atoms with Crippen LogP contribution in [0.3, 0.4) is 0 Å². The van der Waals surface area contributed by atoms with Crippen molar-refractivity contribution in [3.63, 3.8) is 0 Å². The van der Waals surface area contributed by atoms with Crippen molar-refractivity contribution >= 4 is 18.1 Å². The van der Waals surface area contributed by atoms with Crippen LogP contribution in [0.25, 0.3) is 0 Å². The van der Waals surface area contributed by atoms with E-state index < -0.39 is 0 Å². The molecule has 2 heterocycles. The molecule has 2 rings (SSSR count). The van der Waals surface area contributed by atoms with Crippen LogP contribution >= 0.6 is 18.1 Å². The Morgan fingerprint density at radius 1 is 0.727 bits per heavy atom. The van der Waals surface area contributed by atoms with E-state index in [1.165, 1.54) is 0 Å². The van der Waals surface area contributed by atoms with Crippen molar-refractivity contribution in [3.8, 4) is 0 Å². The van der Waals surface area contributed by atoms with E-state index in [4.69, 9.17) is 18.1 Å².